The number of likely N-dealkylation sites (N-methyl/N-ethyl adjacent to an activating group) is 1. The van der Waals surface area contributed by atoms with Gasteiger partial charge in [-0.3, -0.25) is 0 Å². The van der Waals surface area contributed by atoms with Crippen molar-refractivity contribution in [2.24, 2.45) is 17.8 Å². The molecule has 1 unspecified atom stereocenters. The van der Waals surface area contributed by atoms with Crippen molar-refractivity contribution >= 4 is 6.03 Å². The molecule has 3 heteroatoms. The van der Waals surface area contributed by atoms with Gasteiger partial charge in [-0.25, -0.2) is 4.79 Å². The van der Waals surface area contributed by atoms with Crippen LogP contribution in [0, 0.1) is 17.8 Å². The Morgan fingerprint density at radius 3 is 2.40 bits per heavy atom. The summed E-state index contributed by atoms with van der Waals surface area (Å²) in [6.07, 6.45) is 5.69. The van der Waals surface area contributed by atoms with E-state index in [1.165, 1.54) is 25.7 Å². The van der Waals surface area contributed by atoms with Gasteiger partial charge in [0.25, 0.3) is 0 Å². The molecule has 3 rings (SSSR count). The Morgan fingerprint density at radius 2 is 1.87 bits per heavy atom. The second-order valence-electron chi connectivity index (χ2n) is 5.43. The molecule has 0 radical (unpaired) electrons. The van der Waals surface area contributed by atoms with Gasteiger partial charge in [-0.05, 0) is 30.6 Å². The highest BCUT2D eigenvalue weighted by Crippen LogP contribution is 2.55. The first kappa shape index (κ1) is 9.49. The SMILES string of the molecule is CN1CCN(CC2[C@H]3CCCC[C@@H]23)C1=O. The molecule has 0 aromatic heterocycles. The first-order chi connectivity index (χ1) is 7.27. The summed E-state index contributed by atoms with van der Waals surface area (Å²) in [5.41, 5.74) is 0. The molecule has 2 aliphatic carbocycles. The van der Waals surface area contributed by atoms with E-state index in [4.69, 9.17) is 0 Å². The molecule has 0 aromatic rings. The lowest BCUT2D eigenvalue weighted by Crippen LogP contribution is -2.31. The molecule has 15 heavy (non-hydrogen) atoms. The Kier molecular flexibility index (Phi) is 2.15. The van der Waals surface area contributed by atoms with Crippen LogP contribution in [0.1, 0.15) is 25.7 Å². The van der Waals surface area contributed by atoms with Gasteiger partial charge in [0.15, 0.2) is 0 Å². The molecule has 84 valence electrons. The Morgan fingerprint density at radius 1 is 1.20 bits per heavy atom. The smallest absolute Gasteiger partial charge is 0.319 e. The zero-order valence-corrected chi connectivity index (χ0v) is 9.48. The molecule has 0 aromatic carbocycles. The molecule has 3 atom stereocenters. The average Bonchev–Trinajstić information content (AvgIpc) is 2.87. The lowest BCUT2D eigenvalue weighted by atomic mass is 10.0. The number of nitrogens with zero attached hydrogens (tertiary/aromatic N) is 2. The Balaban J connectivity index is 1.56. The number of urea groups is 1. The van der Waals surface area contributed by atoms with Crippen molar-refractivity contribution in [1.29, 1.82) is 0 Å². The van der Waals surface area contributed by atoms with Crippen LogP contribution in [0.4, 0.5) is 4.79 Å². The molecule has 0 N–H and O–H groups in total. The lowest BCUT2D eigenvalue weighted by Gasteiger charge is -2.15. The highest BCUT2D eigenvalue weighted by atomic mass is 16.2. The highest BCUT2D eigenvalue weighted by molar-refractivity contribution is 5.76. The molecule has 0 bridgehead atoms. The van der Waals surface area contributed by atoms with Gasteiger partial charge in [-0.15, -0.1) is 0 Å². The molecule has 1 aliphatic heterocycles. The van der Waals surface area contributed by atoms with Crippen LogP contribution in [0.3, 0.4) is 0 Å². The summed E-state index contributed by atoms with van der Waals surface area (Å²) in [5, 5.41) is 0. The summed E-state index contributed by atoms with van der Waals surface area (Å²) in [6.45, 7) is 2.91. The van der Waals surface area contributed by atoms with Gasteiger partial charge in [0, 0.05) is 26.7 Å². The number of amides is 2. The van der Waals surface area contributed by atoms with E-state index in [1.807, 2.05) is 11.9 Å². The minimum Gasteiger partial charge on any atom is -0.326 e. The van der Waals surface area contributed by atoms with E-state index < -0.39 is 0 Å². The van der Waals surface area contributed by atoms with E-state index in [0.717, 1.165) is 37.4 Å². The van der Waals surface area contributed by atoms with Crippen LogP contribution in [0.15, 0.2) is 0 Å². The monoisotopic (exact) mass is 208 g/mol. The maximum atomic E-state index is 11.7. The van der Waals surface area contributed by atoms with Gasteiger partial charge in [0.05, 0.1) is 0 Å². The Hall–Kier alpha value is -0.730. The van der Waals surface area contributed by atoms with E-state index >= 15 is 0 Å². The molecular formula is C12H20N2O. The van der Waals surface area contributed by atoms with Gasteiger partial charge in [-0.1, -0.05) is 12.8 Å². The molecule has 1 saturated heterocycles. The fourth-order valence-corrected chi connectivity index (χ4v) is 3.54. The standard InChI is InChI=1S/C12H20N2O/c1-13-6-7-14(12(13)15)8-11-9-4-2-3-5-10(9)11/h9-11H,2-8H2,1H3/t9-,10+,11?. The van der Waals surface area contributed by atoms with E-state index in [2.05, 4.69) is 4.90 Å². The normalized spacial score (nSPS) is 39.5. The average molecular weight is 208 g/mol. The van der Waals surface area contributed by atoms with Crippen LogP contribution in [-0.4, -0.2) is 42.5 Å². The van der Waals surface area contributed by atoms with E-state index in [0.29, 0.717) is 0 Å². The second-order valence-corrected chi connectivity index (χ2v) is 5.43. The number of carbonyl (C=O) groups is 1. The fraction of sp³-hybridized carbons (Fsp3) is 0.917. The van der Waals surface area contributed by atoms with Crippen molar-refractivity contribution < 1.29 is 4.79 Å². The predicted octanol–water partition coefficient (Wildman–Crippen LogP) is 1.79. The highest BCUT2D eigenvalue weighted by Gasteiger charge is 2.51. The van der Waals surface area contributed by atoms with Gasteiger partial charge in [0.1, 0.15) is 0 Å². The summed E-state index contributed by atoms with van der Waals surface area (Å²) in [7, 11) is 1.91. The van der Waals surface area contributed by atoms with Crippen molar-refractivity contribution in [3.05, 3.63) is 0 Å². The lowest BCUT2D eigenvalue weighted by molar-refractivity contribution is 0.196. The number of rotatable bonds is 2. The quantitative estimate of drug-likeness (QED) is 0.678. The van der Waals surface area contributed by atoms with Crippen LogP contribution in [-0.2, 0) is 0 Å². The Labute approximate surface area is 91.4 Å². The molecule has 3 fully saturated rings. The van der Waals surface area contributed by atoms with Crippen molar-refractivity contribution in [1.82, 2.24) is 9.80 Å². The third-order valence-corrected chi connectivity index (χ3v) is 4.57. The number of hydrogen-bond donors (Lipinski definition) is 0. The van der Waals surface area contributed by atoms with Gasteiger partial charge >= 0.3 is 6.03 Å². The van der Waals surface area contributed by atoms with E-state index in [-0.39, 0.29) is 6.03 Å². The zero-order valence-electron chi connectivity index (χ0n) is 9.48. The third kappa shape index (κ3) is 1.52. The van der Waals surface area contributed by atoms with Crippen LogP contribution in [0.2, 0.25) is 0 Å². The number of hydrogen-bond acceptors (Lipinski definition) is 1. The summed E-state index contributed by atoms with van der Waals surface area (Å²) in [5.74, 6) is 2.79. The number of fused-ring (bicyclic) bond motifs is 1. The van der Waals surface area contributed by atoms with Gasteiger partial charge < -0.3 is 9.80 Å². The van der Waals surface area contributed by atoms with Crippen LogP contribution < -0.4 is 0 Å². The molecule has 0 spiro atoms. The van der Waals surface area contributed by atoms with Gasteiger partial charge in [-0.2, -0.15) is 0 Å². The maximum absolute atomic E-state index is 11.7. The topological polar surface area (TPSA) is 23.6 Å². The molecule has 1 heterocycles. The molecule has 2 amide bonds. The zero-order chi connectivity index (χ0) is 10.4. The largest absolute Gasteiger partial charge is 0.326 e. The second kappa shape index (κ2) is 3.39. The van der Waals surface area contributed by atoms with Gasteiger partial charge in [0.2, 0.25) is 0 Å². The van der Waals surface area contributed by atoms with Crippen LogP contribution >= 0.6 is 0 Å². The fourth-order valence-electron chi connectivity index (χ4n) is 3.54. The van der Waals surface area contributed by atoms with E-state index in [1.54, 1.807) is 0 Å². The summed E-state index contributed by atoms with van der Waals surface area (Å²) < 4.78 is 0. The molecule has 3 nitrogen and oxygen atoms in total. The van der Waals surface area contributed by atoms with E-state index in [9.17, 15) is 4.79 Å². The van der Waals surface area contributed by atoms with Crippen molar-refractivity contribution in [3.8, 4) is 0 Å². The first-order valence-corrected chi connectivity index (χ1v) is 6.27. The Bertz CT molecular complexity index is 267. The third-order valence-electron chi connectivity index (χ3n) is 4.57. The molecule has 2 saturated carbocycles. The summed E-state index contributed by atoms with van der Waals surface area (Å²) in [6, 6.07) is 0.249. The first-order valence-electron chi connectivity index (χ1n) is 6.27. The van der Waals surface area contributed by atoms with Crippen LogP contribution in [0.25, 0.3) is 0 Å². The van der Waals surface area contributed by atoms with Crippen molar-refractivity contribution in [3.63, 3.8) is 0 Å². The number of carbonyl (C=O) groups excluding carboxylic acids is 1. The maximum Gasteiger partial charge on any atom is 0.319 e. The minimum absolute atomic E-state index is 0.249. The predicted molar refractivity (Wildman–Crippen MR) is 58.5 cm³/mol. The summed E-state index contributed by atoms with van der Waals surface area (Å²) >= 11 is 0. The van der Waals surface area contributed by atoms with Crippen molar-refractivity contribution in [2.45, 2.75) is 25.7 Å². The molecular weight excluding hydrogens is 188 g/mol. The van der Waals surface area contributed by atoms with Crippen LogP contribution in [0.5, 0.6) is 0 Å². The minimum atomic E-state index is 0.249. The summed E-state index contributed by atoms with van der Waals surface area (Å²) in [4.78, 5) is 15.6. The molecule has 3 aliphatic rings. The van der Waals surface area contributed by atoms with Crippen molar-refractivity contribution in [2.75, 3.05) is 26.7 Å².